The Labute approximate surface area is 106 Å². The Morgan fingerprint density at radius 2 is 2.29 bits per heavy atom. The zero-order valence-corrected chi connectivity index (χ0v) is 10.6. The number of carbonyl (C=O) groups is 1. The summed E-state index contributed by atoms with van der Waals surface area (Å²) >= 11 is 0. The summed E-state index contributed by atoms with van der Waals surface area (Å²) in [4.78, 5) is 13.0. The lowest BCUT2D eigenvalue weighted by atomic mass is 10.2. The Kier molecular flexibility index (Phi) is 8.37. The van der Waals surface area contributed by atoms with E-state index in [1.165, 1.54) is 4.90 Å². The Hall–Kier alpha value is -0.460. The number of halogens is 3. The molecule has 1 fully saturated rings. The van der Waals surface area contributed by atoms with E-state index < -0.39 is 19.1 Å². The molecule has 0 bridgehead atoms. The number of carbonyl (C=O) groups excluding carboxylic acids is 1. The number of alkyl halides is 2. The first-order valence-corrected chi connectivity index (χ1v) is 5.54. The number of nitrogens with zero attached hydrogens (tertiary/aromatic N) is 1. The summed E-state index contributed by atoms with van der Waals surface area (Å²) in [6.45, 7) is 3.25. The van der Waals surface area contributed by atoms with Crippen molar-refractivity contribution in [2.45, 2.75) is 25.9 Å². The van der Waals surface area contributed by atoms with Crippen LogP contribution in [-0.4, -0.2) is 56.1 Å². The van der Waals surface area contributed by atoms with Crippen molar-refractivity contribution in [3.8, 4) is 0 Å². The quantitative estimate of drug-likeness (QED) is 0.809. The fraction of sp³-hybridized carbons (Fsp3) is 0.900. The molecule has 4 nitrogen and oxygen atoms in total. The summed E-state index contributed by atoms with van der Waals surface area (Å²) in [5.41, 5.74) is 0. The molecule has 0 aromatic heterocycles. The largest absolute Gasteiger partial charge is 0.366 e. The Morgan fingerprint density at radius 1 is 1.59 bits per heavy atom. The van der Waals surface area contributed by atoms with Crippen molar-refractivity contribution in [2.75, 3.05) is 32.8 Å². The molecular weight excluding hydrogens is 254 g/mol. The summed E-state index contributed by atoms with van der Waals surface area (Å²) in [6, 6.07) is 0. The molecule has 7 heteroatoms. The molecule has 1 saturated heterocycles. The molecule has 0 spiro atoms. The second kappa shape index (κ2) is 8.60. The van der Waals surface area contributed by atoms with Gasteiger partial charge in [-0.3, -0.25) is 4.79 Å². The summed E-state index contributed by atoms with van der Waals surface area (Å²) in [5, 5.41) is 3.01. The third-order valence-corrected chi connectivity index (χ3v) is 2.37. The van der Waals surface area contributed by atoms with Crippen LogP contribution in [0, 0.1) is 0 Å². The maximum absolute atomic E-state index is 12.3. The van der Waals surface area contributed by atoms with Gasteiger partial charge in [-0.1, -0.05) is 6.92 Å². The molecule has 1 atom stereocenters. The molecule has 0 aliphatic carbocycles. The molecule has 1 rings (SSSR count). The van der Waals surface area contributed by atoms with Crippen LogP contribution in [0.15, 0.2) is 0 Å². The molecule has 0 radical (unpaired) electrons. The van der Waals surface area contributed by atoms with E-state index in [1.54, 1.807) is 0 Å². The van der Waals surface area contributed by atoms with E-state index in [4.69, 9.17) is 4.74 Å². The number of amides is 1. The standard InChI is InChI=1S/C10H18F2N2O2.ClH/c1-2-4-14(7-9(11)12)10(15)8-6-13-3-5-16-8;/h8-9,13H,2-7H2,1H3;1H. The molecule has 1 unspecified atom stereocenters. The van der Waals surface area contributed by atoms with E-state index in [1.807, 2.05) is 6.92 Å². The van der Waals surface area contributed by atoms with Gasteiger partial charge in [-0.15, -0.1) is 12.4 Å². The van der Waals surface area contributed by atoms with Gasteiger partial charge in [0.1, 0.15) is 6.10 Å². The highest BCUT2D eigenvalue weighted by Gasteiger charge is 2.27. The lowest BCUT2D eigenvalue weighted by molar-refractivity contribution is -0.147. The molecule has 102 valence electrons. The van der Waals surface area contributed by atoms with Gasteiger partial charge in [0.25, 0.3) is 12.3 Å². The van der Waals surface area contributed by atoms with Gasteiger partial charge in [0, 0.05) is 19.6 Å². The van der Waals surface area contributed by atoms with E-state index in [2.05, 4.69) is 5.32 Å². The van der Waals surface area contributed by atoms with Crippen LogP contribution in [0.4, 0.5) is 8.78 Å². The summed E-state index contributed by atoms with van der Waals surface area (Å²) < 4.78 is 29.8. The van der Waals surface area contributed by atoms with E-state index in [0.717, 1.165) is 0 Å². The van der Waals surface area contributed by atoms with Crippen LogP contribution in [0.25, 0.3) is 0 Å². The first-order chi connectivity index (χ1) is 7.65. The highest BCUT2D eigenvalue weighted by atomic mass is 35.5. The van der Waals surface area contributed by atoms with E-state index in [-0.39, 0.29) is 18.3 Å². The van der Waals surface area contributed by atoms with Gasteiger partial charge in [-0.05, 0) is 6.42 Å². The van der Waals surface area contributed by atoms with Gasteiger partial charge >= 0.3 is 0 Å². The smallest absolute Gasteiger partial charge is 0.255 e. The second-order valence-corrected chi connectivity index (χ2v) is 3.74. The molecule has 1 amide bonds. The van der Waals surface area contributed by atoms with Crippen LogP contribution in [-0.2, 0) is 9.53 Å². The second-order valence-electron chi connectivity index (χ2n) is 3.74. The maximum atomic E-state index is 12.3. The number of ether oxygens (including phenoxy) is 1. The van der Waals surface area contributed by atoms with Crippen molar-refractivity contribution in [1.29, 1.82) is 0 Å². The van der Waals surface area contributed by atoms with Gasteiger partial charge in [0.2, 0.25) is 0 Å². The Balaban J connectivity index is 0.00000256. The first-order valence-electron chi connectivity index (χ1n) is 5.54. The number of rotatable bonds is 5. The van der Waals surface area contributed by atoms with Crippen LogP contribution in [0.3, 0.4) is 0 Å². The predicted octanol–water partition coefficient (Wildman–Crippen LogP) is 0.900. The van der Waals surface area contributed by atoms with E-state index >= 15 is 0 Å². The van der Waals surface area contributed by atoms with Crippen molar-refractivity contribution in [2.24, 2.45) is 0 Å². The monoisotopic (exact) mass is 272 g/mol. The fourth-order valence-corrected chi connectivity index (χ4v) is 1.66. The van der Waals surface area contributed by atoms with Crippen LogP contribution >= 0.6 is 12.4 Å². The molecule has 1 N–H and O–H groups in total. The van der Waals surface area contributed by atoms with Crippen molar-refractivity contribution in [3.05, 3.63) is 0 Å². The predicted molar refractivity (Wildman–Crippen MR) is 62.7 cm³/mol. The number of hydrogen-bond acceptors (Lipinski definition) is 3. The van der Waals surface area contributed by atoms with Gasteiger partial charge in [0.05, 0.1) is 13.2 Å². The normalized spacial score (nSPS) is 19.9. The molecular formula is C10H19ClF2N2O2. The molecule has 17 heavy (non-hydrogen) atoms. The lowest BCUT2D eigenvalue weighted by Crippen LogP contribution is -2.50. The van der Waals surface area contributed by atoms with Crippen molar-refractivity contribution in [1.82, 2.24) is 10.2 Å². The van der Waals surface area contributed by atoms with Gasteiger partial charge < -0.3 is 15.0 Å². The van der Waals surface area contributed by atoms with E-state index in [9.17, 15) is 13.6 Å². The summed E-state index contributed by atoms with van der Waals surface area (Å²) in [7, 11) is 0. The van der Waals surface area contributed by atoms with Crippen molar-refractivity contribution in [3.63, 3.8) is 0 Å². The maximum Gasteiger partial charge on any atom is 0.255 e. The minimum Gasteiger partial charge on any atom is -0.366 e. The molecule has 0 saturated carbocycles. The van der Waals surface area contributed by atoms with E-state index in [0.29, 0.717) is 32.7 Å². The highest BCUT2D eigenvalue weighted by Crippen LogP contribution is 2.06. The summed E-state index contributed by atoms with van der Waals surface area (Å²) in [5.74, 6) is -0.339. The first kappa shape index (κ1) is 16.5. The lowest BCUT2D eigenvalue weighted by Gasteiger charge is -2.29. The molecule has 0 aromatic rings. The molecule has 0 aromatic carbocycles. The van der Waals surface area contributed by atoms with Crippen molar-refractivity contribution < 1.29 is 18.3 Å². The van der Waals surface area contributed by atoms with Crippen LogP contribution in [0.5, 0.6) is 0 Å². The van der Waals surface area contributed by atoms with Crippen LogP contribution in [0.2, 0.25) is 0 Å². The Morgan fingerprint density at radius 3 is 2.76 bits per heavy atom. The SMILES string of the molecule is CCCN(CC(F)F)C(=O)C1CNCCO1.Cl. The number of morpholine rings is 1. The minimum atomic E-state index is -2.49. The topological polar surface area (TPSA) is 41.6 Å². The molecule has 1 aliphatic heterocycles. The zero-order valence-electron chi connectivity index (χ0n) is 9.83. The van der Waals surface area contributed by atoms with Crippen LogP contribution < -0.4 is 5.32 Å². The minimum absolute atomic E-state index is 0. The zero-order chi connectivity index (χ0) is 12.0. The van der Waals surface area contributed by atoms with Gasteiger partial charge in [-0.2, -0.15) is 0 Å². The highest BCUT2D eigenvalue weighted by molar-refractivity contribution is 5.85. The van der Waals surface area contributed by atoms with Crippen molar-refractivity contribution >= 4 is 18.3 Å². The third kappa shape index (κ3) is 5.61. The summed E-state index contributed by atoms with van der Waals surface area (Å²) in [6.07, 6.45) is -2.44. The van der Waals surface area contributed by atoms with Crippen LogP contribution in [0.1, 0.15) is 13.3 Å². The Bertz CT molecular complexity index is 226. The fourth-order valence-electron chi connectivity index (χ4n) is 1.66. The molecule has 1 heterocycles. The average Bonchev–Trinajstić information content (AvgIpc) is 2.28. The van der Waals surface area contributed by atoms with Gasteiger partial charge in [-0.25, -0.2) is 8.78 Å². The average molecular weight is 273 g/mol. The number of nitrogens with one attached hydrogen (secondary N) is 1. The third-order valence-electron chi connectivity index (χ3n) is 2.37. The van der Waals surface area contributed by atoms with Gasteiger partial charge in [0.15, 0.2) is 0 Å². The molecule has 1 aliphatic rings. The number of hydrogen-bond donors (Lipinski definition) is 1.